The van der Waals surface area contributed by atoms with Gasteiger partial charge in [0.05, 0.1) is 12.9 Å². The molecule has 6 nitrogen and oxygen atoms in total. The summed E-state index contributed by atoms with van der Waals surface area (Å²) in [5.74, 6) is -1.57. The molecular formula is C14H23N3O3. The average Bonchev–Trinajstić information content (AvgIpc) is 2.80. The minimum absolute atomic E-state index is 0.271. The molecule has 0 aromatic carbocycles. The summed E-state index contributed by atoms with van der Waals surface area (Å²) in [5, 5.41) is 2.78. The average molecular weight is 281 g/mol. The van der Waals surface area contributed by atoms with Crippen LogP contribution in [0.3, 0.4) is 0 Å². The Hall–Kier alpha value is -1.85. The van der Waals surface area contributed by atoms with E-state index in [9.17, 15) is 9.59 Å². The molecular weight excluding hydrogens is 258 g/mol. The van der Waals surface area contributed by atoms with Crippen molar-refractivity contribution < 1.29 is 14.3 Å². The third-order valence-corrected chi connectivity index (χ3v) is 2.90. The number of esters is 1. The number of rotatable bonds is 6. The number of nitrogens with one attached hydrogen (secondary N) is 2. The Morgan fingerprint density at radius 3 is 2.65 bits per heavy atom. The number of aromatic nitrogens is 2. The van der Waals surface area contributed by atoms with E-state index in [0.717, 1.165) is 5.69 Å². The monoisotopic (exact) mass is 281 g/mol. The van der Waals surface area contributed by atoms with E-state index < -0.39 is 17.3 Å². The van der Waals surface area contributed by atoms with E-state index in [1.807, 2.05) is 20.8 Å². The quantitative estimate of drug-likeness (QED) is 0.608. The van der Waals surface area contributed by atoms with E-state index in [-0.39, 0.29) is 12.5 Å². The molecule has 112 valence electrons. The van der Waals surface area contributed by atoms with Crippen molar-refractivity contribution in [2.45, 2.75) is 34.1 Å². The fourth-order valence-electron chi connectivity index (χ4n) is 1.92. The zero-order valence-corrected chi connectivity index (χ0v) is 12.5. The normalized spacial score (nSPS) is 12.8. The van der Waals surface area contributed by atoms with Crippen LogP contribution in [-0.4, -0.2) is 35.0 Å². The molecule has 20 heavy (non-hydrogen) atoms. The first-order valence-corrected chi connectivity index (χ1v) is 6.78. The van der Waals surface area contributed by atoms with Crippen molar-refractivity contribution in [2.75, 3.05) is 13.2 Å². The van der Waals surface area contributed by atoms with Gasteiger partial charge in [-0.15, -0.1) is 0 Å². The van der Waals surface area contributed by atoms with Gasteiger partial charge in [-0.05, 0) is 12.3 Å². The van der Waals surface area contributed by atoms with E-state index >= 15 is 0 Å². The predicted octanol–water partition coefficient (Wildman–Crippen LogP) is 1.29. The Labute approximate surface area is 119 Å². The Morgan fingerprint density at radius 2 is 2.15 bits per heavy atom. The third-order valence-electron chi connectivity index (χ3n) is 2.90. The number of hydrogen-bond acceptors (Lipinski definition) is 4. The molecule has 1 atom stereocenters. The van der Waals surface area contributed by atoms with Crippen molar-refractivity contribution in [2.24, 2.45) is 11.3 Å². The zero-order chi connectivity index (χ0) is 15.2. The van der Waals surface area contributed by atoms with Crippen LogP contribution >= 0.6 is 0 Å². The SMILES string of the molecule is CCOC(=O)C(C(=O)NCCc1cnc[nH]1)C(C)(C)C. The molecule has 0 aliphatic carbocycles. The Bertz CT molecular complexity index is 435. The van der Waals surface area contributed by atoms with Gasteiger partial charge in [-0.3, -0.25) is 9.59 Å². The van der Waals surface area contributed by atoms with Crippen molar-refractivity contribution >= 4 is 11.9 Å². The lowest BCUT2D eigenvalue weighted by Crippen LogP contribution is -2.44. The molecule has 0 saturated carbocycles. The smallest absolute Gasteiger partial charge is 0.319 e. The van der Waals surface area contributed by atoms with Gasteiger partial charge < -0.3 is 15.0 Å². The molecule has 0 bridgehead atoms. The van der Waals surface area contributed by atoms with Crippen LogP contribution in [0.2, 0.25) is 0 Å². The molecule has 0 radical (unpaired) electrons. The number of H-pyrrole nitrogens is 1. The number of carbonyl (C=O) groups excluding carboxylic acids is 2. The number of carbonyl (C=O) groups is 2. The maximum absolute atomic E-state index is 12.2. The van der Waals surface area contributed by atoms with E-state index in [1.54, 1.807) is 19.4 Å². The molecule has 0 aliphatic heterocycles. The molecule has 6 heteroatoms. The van der Waals surface area contributed by atoms with Gasteiger partial charge in [0.15, 0.2) is 0 Å². The summed E-state index contributed by atoms with van der Waals surface area (Å²) in [6, 6.07) is 0. The highest BCUT2D eigenvalue weighted by atomic mass is 16.5. The van der Waals surface area contributed by atoms with Crippen molar-refractivity contribution in [3.63, 3.8) is 0 Å². The Kier molecular flexibility index (Phi) is 5.73. The number of imidazole rings is 1. The maximum atomic E-state index is 12.2. The lowest BCUT2D eigenvalue weighted by atomic mass is 9.80. The summed E-state index contributed by atoms with van der Waals surface area (Å²) in [6.07, 6.45) is 3.94. The fourth-order valence-corrected chi connectivity index (χ4v) is 1.92. The largest absolute Gasteiger partial charge is 0.465 e. The van der Waals surface area contributed by atoms with E-state index in [4.69, 9.17) is 4.74 Å². The first-order valence-electron chi connectivity index (χ1n) is 6.78. The van der Waals surface area contributed by atoms with Gasteiger partial charge in [0.1, 0.15) is 5.92 Å². The Morgan fingerprint density at radius 1 is 1.45 bits per heavy atom. The zero-order valence-electron chi connectivity index (χ0n) is 12.5. The summed E-state index contributed by atoms with van der Waals surface area (Å²) >= 11 is 0. The van der Waals surface area contributed by atoms with Gasteiger partial charge in [0.25, 0.3) is 0 Å². The second-order valence-electron chi connectivity index (χ2n) is 5.67. The van der Waals surface area contributed by atoms with Crippen LogP contribution in [-0.2, 0) is 20.7 Å². The molecule has 0 saturated heterocycles. The van der Waals surface area contributed by atoms with Crippen LogP contribution in [0.5, 0.6) is 0 Å². The molecule has 0 fully saturated rings. The highest BCUT2D eigenvalue weighted by Crippen LogP contribution is 2.27. The van der Waals surface area contributed by atoms with Crippen LogP contribution in [0.25, 0.3) is 0 Å². The molecule has 1 amide bonds. The van der Waals surface area contributed by atoms with Crippen LogP contribution in [0.15, 0.2) is 12.5 Å². The summed E-state index contributed by atoms with van der Waals surface area (Å²) in [6.45, 7) is 8.00. The van der Waals surface area contributed by atoms with E-state index in [0.29, 0.717) is 13.0 Å². The number of aromatic amines is 1. The predicted molar refractivity (Wildman–Crippen MR) is 74.9 cm³/mol. The molecule has 1 aromatic rings. The number of nitrogens with zero attached hydrogens (tertiary/aromatic N) is 1. The first-order chi connectivity index (χ1) is 9.36. The van der Waals surface area contributed by atoms with Crippen molar-refractivity contribution in [1.82, 2.24) is 15.3 Å². The number of hydrogen-bond donors (Lipinski definition) is 2. The van der Waals surface area contributed by atoms with Crippen LogP contribution < -0.4 is 5.32 Å². The lowest BCUT2D eigenvalue weighted by molar-refractivity contribution is -0.156. The highest BCUT2D eigenvalue weighted by molar-refractivity contribution is 5.98. The van der Waals surface area contributed by atoms with Crippen molar-refractivity contribution in [1.29, 1.82) is 0 Å². The molecule has 0 aliphatic rings. The van der Waals surface area contributed by atoms with Crippen LogP contribution in [0.4, 0.5) is 0 Å². The van der Waals surface area contributed by atoms with Crippen LogP contribution in [0.1, 0.15) is 33.4 Å². The molecule has 1 unspecified atom stereocenters. The van der Waals surface area contributed by atoms with E-state index in [1.165, 1.54) is 0 Å². The molecule has 1 rings (SSSR count). The minimum atomic E-state index is -0.802. The summed E-state index contributed by atoms with van der Waals surface area (Å²) in [4.78, 5) is 31.0. The first kappa shape index (κ1) is 16.2. The van der Waals surface area contributed by atoms with Crippen molar-refractivity contribution in [3.05, 3.63) is 18.2 Å². The van der Waals surface area contributed by atoms with Gasteiger partial charge in [0, 0.05) is 24.9 Å². The van der Waals surface area contributed by atoms with Gasteiger partial charge >= 0.3 is 5.97 Å². The summed E-state index contributed by atoms with van der Waals surface area (Å²) in [7, 11) is 0. The minimum Gasteiger partial charge on any atom is -0.465 e. The molecule has 0 spiro atoms. The highest BCUT2D eigenvalue weighted by Gasteiger charge is 2.38. The molecule has 1 heterocycles. The van der Waals surface area contributed by atoms with Crippen molar-refractivity contribution in [3.8, 4) is 0 Å². The lowest BCUT2D eigenvalue weighted by Gasteiger charge is -2.27. The van der Waals surface area contributed by atoms with Gasteiger partial charge in [-0.1, -0.05) is 20.8 Å². The molecule has 1 aromatic heterocycles. The van der Waals surface area contributed by atoms with Gasteiger partial charge in [-0.25, -0.2) is 4.98 Å². The fraction of sp³-hybridized carbons (Fsp3) is 0.643. The second kappa shape index (κ2) is 7.07. The van der Waals surface area contributed by atoms with Gasteiger partial charge in [-0.2, -0.15) is 0 Å². The maximum Gasteiger partial charge on any atom is 0.319 e. The number of ether oxygens (including phenoxy) is 1. The third kappa shape index (κ3) is 4.68. The van der Waals surface area contributed by atoms with Gasteiger partial charge in [0.2, 0.25) is 5.91 Å². The van der Waals surface area contributed by atoms with E-state index in [2.05, 4.69) is 15.3 Å². The second-order valence-corrected chi connectivity index (χ2v) is 5.67. The Balaban J connectivity index is 2.57. The summed E-state index contributed by atoms with van der Waals surface area (Å²) < 4.78 is 4.99. The molecule has 2 N–H and O–H groups in total. The standard InChI is InChI=1S/C14H23N3O3/c1-5-20-13(19)11(14(2,3)4)12(18)16-7-6-10-8-15-9-17-10/h8-9,11H,5-7H2,1-4H3,(H,15,17)(H,16,18). The topological polar surface area (TPSA) is 84.1 Å². The van der Waals surface area contributed by atoms with Crippen LogP contribution in [0, 0.1) is 11.3 Å². The summed E-state index contributed by atoms with van der Waals surface area (Å²) in [5.41, 5.74) is 0.457. The number of amides is 1.